The second kappa shape index (κ2) is 9.75. The minimum Gasteiger partial charge on any atom is -0.396 e. The SMILES string of the molecule is CCCC1CC(=O)C2=C(C1)N=C(C)C(C#N)C2c1cc(Br)c(N)c(NS(=O)(=O)CCC)c1. The number of anilines is 2. The van der Waals surface area contributed by atoms with Crippen LogP contribution in [-0.2, 0) is 14.8 Å². The number of sulfonamides is 1. The van der Waals surface area contributed by atoms with Gasteiger partial charge in [-0.15, -0.1) is 0 Å². The van der Waals surface area contributed by atoms with Gasteiger partial charge >= 0.3 is 0 Å². The fourth-order valence-corrected chi connectivity index (χ4v) is 6.29. The van der Waals surface area contributed by atoms with Gasteiger partial charge in [-0.25, -0.2) is 8.42 Å². The predicted octanol–water partition coefficient (Wildman–Crippen LogP) is 4.91. The van der Waals surface area contributed by atoms with Crippen molar-refractivity contribution in [2.45, 2.75) is 58.8 Å². The van der Waals surface area contributed by atoms with Crippen LogP contribution in [-0.4, -0.2) is 25.7 Å². The largest absolute Gasteiger partial charge is 0.396 e. The third-order valence-corrected chi connectivity index (χ3v) is 8.19. The van der Waals surface area contributed by atoms with E-state index in [1.54, 1.807) is 19.1 Å². The van der Waals surface area contributed by atoms with Gasteiger partial charge in [0.05, 0.1) is 29.1 Å². The van der Waals surface area contributed by atoms with Crippen molar-refractivity contribution in [3.63, 3.8) is 0 Å². The Morgan fingerprint density at radius 3 is 2.62 bits per heavy atom. The molecule has 3 unspecified atom stereocenters. The maximum atomic E-state index is 13.2. The number of allylic oxidation sites excluding steroid dienone is 2. The van der Waals surface area contributed by atoms with Crippen LogP contribution in [0.3, 0.4) is 0 Å². The van der Waals surface area contributed by atoms with Crippen LogP contribution in [0.2, 0.25) is 0 Å². The summed E-state index contributed by atoms with van der Waals surface area (Å²) in [5, 5.41) is 9.94. The van der Waals surface area contributed by atoms with Gasteiger partial charge in [0.2, 0.25) is 10.0 Å². The number of carbonyl (C=O) groups is 1. The first-order chi connectivity index (χ1) is 15.1. The van der Waals surface area contributed by atoms with Crippen LogP contribution in [0.5, 0.6) is 0 Å². The fourth-order valence-electron chi connectivity index (χ4n) is 4.67. The summed E-state index contributed by atoms with van der Waals surface area (Å²) in [4.78, 5) is 17.9. The summed E-state index contributed by atoms with van der Waals surface area (Å²) in [6.45, 7) is 5.70. The van der Waals surface area contributed by atoms with E-state index in [1.807, 2.05) is 6.92 Å². The highest BCUT2D eigenvalue weighted by molar-refractivity contribution is 9.10. The first-order valence-corrected chi connectivity index (χ1v) is 13.4. The molecule has 7 nitrogen and oxygen atoms in total. The average molecular weight is 521 g/mol. The number of benzene rings is 1. The zero-order valence-corrected chi connectivity index (χ0v) is 21.0. The minimum atomic E-state index is -3.57. The number of hydrogen-bond acceptors (Lipinski definition) is 6. The Labute approximate surface area is 198 Å². The Morgan fingerprint density at radius 1 is 1.28 bits per heavy atom. The quantitative estimate of drug-likeness (QED) is 0.493. The zero-order valence-electron chi connectivity index (χ0n) is 18.6. The number of nitrogens with zero attached hydrogens (tertiary/aromatic N) is 2. The number of nitrogens with one attached hydrogen (secondary N) is 1. The van der Waals surface area contributed by atoms with Crippen molar-refractivity contribution in [1.29, 1.82) is 5.26 Å². The number of rotatable bonds is 7. The van der Waals surface area contributed by atoms with E-state index in [9.17, 15) is 18.5 Å². The van der Waals surface area contributed by atoms with E-state index in [0.29, 0.717) is 40.6 Å². The van der Waals surface area contributed by atoms with Gasteiger partial charge in [0, 0.05) is 33.8 Å². The topological polar surface area (TPSA) is 125 Å². The number of halogens is 1. The van der Waals surface area contributed by atoms with Gasteiger partial charge in [-0.05, 0) is 65.7 Å². The molecule has 1 aliphatic heterocycles. The molecule has 0 saturated carbocycles. The number of nitrogens with two attached hydrogens (primary N) is 1. The van der Waals surface area contributed by atoms with E-state index in [0.717, 1.165) is 18.5 Å². The first kappa shape index (κ1) is 24.5. The highest BCUT2D eigenvalue weighted by atomic mass is 79.9. The minimum absolute atomic E-state index is 0.0206. The van der Waals surface area contributed by atoms with Crippen molar-refractivity contribution in [3.8, 4) is 6.07 Å². The van der Waals surface area contributed by atoms with Crippen molar-refractivity contribution in [2.24, 2.45) is 16.8 Å². The Morgan fingerprint density at radius 2 is 2.00 bits per heavy atom. The molecule has 0 radical (unpaired) electrons. The molecule has 3 N–H and O–H groups in total. The summed E-state index contributed by atoms with van der Waals surface area (Å²) in [6.07, 6.45) is 3.59. The molecule has 1 heterocycles. The highest BCUT2D eigenvalue weighted by Gasteiger charge is 2.41. The number of hydrogen-bond donors (Lipinski definition) is 2. The molecule has 0 amide bonds. The Balaban J connectivity index is 2.13. The standard InChI is InChI=1S/C23H29BrN4O3S/c1-4-6-14-8-18-22(20(29)9-14)21(16(12-25)13(3)27-18)15-10-17(24)23(26)19(11-15)28-32(30,31)7-5-2/h10-11,14,16,21,28H,4-9,26H2,1-3H3. The van der Waals surface area contributed by atoms with Crippen LogP contribution in [0.1, 0.15) is 64.4 Å². The van der Waals surface area contributed by atoms with Gasteiger partial charge < -0.3 is 5.73 Å². The van der Waals surface area contributed by atoms with Crippen LogP contribution < -0.4 is 10.5 Å². The van der Waals surface area contributed by atoms with Gasteiger partial charge in [0.1, 0.15) is 0 Å². The van der Waals surface area contributed by atoms with Crippen LogP contribution in [0.15, 0.2) is 32.9 Å². The van der Waals surface area contributed by atoms with Crippen molar-refractivity contribution in [1.82, 2.24) is 0 Å². The molecule has 3 atom stereocenters. The Hall–Kier alpha value is -2.18. The third kappa shape index (κ3) is 4.91. The zero-order chi connectivity index (χ0) is 23.6. The summed E-state index contributed by atoms with van der Waals surface area (Å²) in [6, 6.07) is 5.74. The Kier molecular flexibility index (Phi) is 7.46. The number of nitriles is 1. The second-order valence-corrected chi connectivity index (χ2v) is 11.3. The molecule has 3 rings (SSSR count). The summed E-state index contributed by atoms with van der Waals surface area (Å²) >= 11 is 3.43. The molecular formula is C23H29BrN4O3S. The van der Waals surface area contributed by atoms with Gasteiger partial charge in [0.25, 0.3) is 0 Å². The molecule has 2 aliphatic rings. The number of nitrogen functional groups attached to an aromatic ring is 1. The molecule has 0 aromatic heterocycles. The van der Waals surface area contributed by atoms with Gasteiger partial charge in [-0.2, -0.15) is 5.26 Å². The molecule has 0 saturated heterocycles. The van der Waals surface area contributed by atoms with Crippen molar-refractivity contribution in [2.75, 3.05) is 16.2 Å². The summed E-state index contributed by atoms with van der Waals surface area (Å²) in [5.74, 6) is -0.884. The Bertz CT molecular complexity index is 1130. The van der Waals surface area contributed by atoms with E-state index in [1.165, 1.54) is 0 Å². The molecule has 1 aromatic carbocycles. The van der Waals surface area contributed by atoms with E-state index < -0.39 is 21.9 Å². The number of carbonyl (C=O) groups excluding carboxylic acids is 1. The molecule has 9 heteroatoms. The molecule has 1 aromatic rings. The molecule has 0 bridgehead atoms. The third-order valence-electron chi connectivity index (χ3n) is 6.06. The van der Waals surface area contributed by atoms with Gasteiger partial charge in [0.15, 0.2) is 5.78 Å². The van der Waals surface area contributed by atoms with Crippen LogP contribution in [0.4, 0.5) is 11.4 Å². The van der Waals surface area contributed by atoms with E-state index in [2.05, 4.69) is 38.6 Å². The lowest BCUT2D eigenvalue weighted by Gasteiger charge is -2.35. The predicted molar refractivity (Wildman–Crippen MR) is 131 cm³/mol. The smallest absolute Gasteiger partial charge is 0.232 e. The fraction of sp³-hybridized carbons (Fsp3) is 0.522. The average Bonchev–Trinajstić information content (AvgIpc) is 2.70. The normalized spacial score (nSPS) is 23.4. The maximum absolute atomic E-state index is 13.2. The summed E-state index contributed by atoms with van der Waals surface area (Å²) < 4.78 is 27.8. The monoisotopic (exact) mass is 520 g/mol. The van der Waals surface area contributed by atoms with E-state index in [4.69, 9.17) is 5.73 Å². The molecule has 1 aliphatic carbocycles. The number of Topliss-reactive ketones (excluding diaryl/α,β-unsaturated/α-hetero) is 1. The lowest BCUT2D eigenvalue weighted by atomic mass is 9.70. The first-order valence-electron chi connectivity index (χ1n) is 10.9. The molecule has 172 valence electrons. The lowest BCUT2D eigenvalue weighted by Crippen LogP contribution is -2.33. The van der Waals surface area contributed by atoms with Crippen molar-refractivity contribution in [3.05, 3.63) is 33.4 Å². The van der Waals surface area contributed by atoms with Crippen LogP contribution in [0.25, 0.3) is 0 Å². The number of aliphatic imine (C=N–C) groups is 1. The van der Waals surface area contributed by atoms with Crippen LogP contribution >= 0.6 is 15.9 Å². The van der Waals surface area contributed by atoms with Gasteiger partial charge in [-0.3, -0.25) is 14.5 Å². The maximum Gasteiger partial charge on any atom is 0.232 e. The van der Waals surface area contributed by atoms with E-state index in [-0.39, 0.29) is 28.8 Å². The second-order valence-electron chi connectivity index (χ2n) is 8.57. The van der Waals surface area contributed by atoms with Gasteiger partial charge in [-0.1, -0.05) is 20.3 Å². The van der Waals surface area contributed by atoms with E-state index >= 15 is 0 Å². The molecule has 0 fully saturated rings. The highest BCUT2D eigenvalue weighted by Crippen LogP contribution is 2.46. The van der Waals surface area contributed by atoms with Crippen molar-refractivity contribution < 1.29 is 13.2 Å². The molecule has 32 heavy (non-hydrogen) atoms. The van der Waals surface area contributed by atoms with Crippen LogP contribution in [0, 0.1) is 23.2 Å². The summed E-state index contributed by atoms with van der Waals surface area (Å²) in [5.41, 5.74) is 9.32. The summed E-state index contributed by atoms with van der Waals surface area (Å²) in [7, 11) is -3.57. The lowest BCUT2D eigenvalue weighted by molar-refractivity contribution is -0.117. The molecule has 0 spiro atoms. The number of ketones is 1. The molecular weight excluding hydrogens is 492 g/mol. The van der Waals surface area contributed by atoms with Crippen molar-refractivity contribution >= 4 is 48.8 Å².